The molecule has 2 saturated heterocycles. The predicted molar refractivity (Wildman–Crippen MR) is 81.9 cm³/mol. The Hall–Kier alpha value is -1.30. The highest BCUT2D eigenvalue weighted by Gasteiger charge is 2.31. The molecule has 0 unspecified atom stereocenters. The quantitative estimate of drug-likeness (QED) is 0.852. The minimum atomic E-state index is -0.0834. The maximum Gasteiger partial charge on any atom is 0.260 e. The van der Waals surface area contributed by atoms with Gasteiger partial charge in [-0.2, -0.15) is 0 Å². The topological polar surface area (TPSA) is 48.0 Å². The smallest absolute Gasteiger partial charge is 0.260 e. The second-order valence-corrected chi connectivity index (χ2v) is 6.01. The van der Waals surface area contributed by atoms with Crippen LogP contribution in [0.1, 0.15) is 12.8 Å². The van der Waals surface area contributed by atoms with E-state index in [0.717, 1.165) is 25.9 Å². The molecule has 0 aliphatic carbocycles. The van der Waals surface area contributed by atoms with Crippen LogP contribution in [0.25, 0.3) is 0 Å². The van der Waals surface area contributed by atoms with Crippen molar-refractivity contribution in [3.8, 4) is 5.75 Å². The number of hydrogen-bond donors (Lipinski definition) is 0. The van der Waals surface area contributed by atoms with E-state index in [1.165, 1.54) is 0 Å². The van der Waals surface area contributed by atoms with Gasteiger partial charge in [0.25, 0.3) is 5.91 Å². The lowest BCUT2D eigenvalue weighted by Crippen LogP contribution is -2.43. The fourth-order valence-corrected chi connectivity index (χ4v) is 3.04. The highest BCUT2D eigenvalue weighted by molar-refractivity contribution is 6.30. The van der Waals surface area contributed by atoms with Crippen LogP contribution in [0.5, 0.6) is 5.75 Å². The summed E-state index contributed by atoms with van der Waals surface area (Å²) >= 11 is 5.89. The molecular weight excluding hydrogens is 306 g/mol. The first-order valence-electron chi connectivity index (χ1n) is 7.62. The first-order valence-corrected chi connectivity index (χ1v) is 7.99. The lowest BCUT2D eigenvalue weighted by Gasteiger charge is -2.33. The van der Waals surface area contributed by atoms with Gasteiger partial charge in [-0.15, -0.1) is 0 Å². The summed E-state index contributed by atoms with van der Waals surface area (Å²) in [5, 5.41) is 0.599. The van der Waals surface area contributed by atoms with Crippen molar-refractivity contribution in [1.82, 2.24) is 4.90 Å². The van der Waals surface area contributed by atoms with E-state index in [1.54, 1.807) is 24.3 Å². The summed E-state index contributed by atoms with van der Waals surface area (Å²) in [4.78, 5) is 14.0. The number of hydrogen-bond acceptors (Lipinski definition) is 4. The van der Waals surface area contributed by atoms with Gasteiger partial charge >= 0.3 is 0 Å². The lowest BCUT2D eigenvalue weighted by molar-refractivity contribution is -0.138. The average molecular weight is 326 g/mol. The molecular formula is C16H20ClNO4. The van der Waals surface area contributed by atoms with Crippen molar-refractivity contribution in [2.75, 3.05) is 32.9 Å². The number of benzene rings is 1. The second-order valence-electron chi connectivity index (χ2n) is 5.57. The highest BCUT2D eigenvalue weighted by Crippen LogP contribution is 2.26. The predicted octanol–water partition coefficient (Wildman–Crippen LogP) is 2.33. The van der Waals surface area contributed by atoms with Crippen LogP contribution >= 0.6 is 11.6 Å². The number of ether oxygens (including phenoxy) is 3. The summed E-state index contributed by atoms with van der Waals surface area (Å²) in [5.41, 5.74) is 0. The van der Waals surface area contributed by atoms with Crippen LogP contribution in [0, 0.1) is 5.92 Å². The van der Waals surface area contributed by atoms with Gasteiger partial charge in [0.1, 0.15) is 5.75 Å². The van der Waals surface area contributed by atoms with Crippen molar-refractivity contribution in [3.63, 3.8) is 0 Å². The SMILES string of the molecule is O=C(COc1cccc(Cl)c1)N1CCC(C2OCCO2)CC1. The molecule has 2 heterocycles. The maximum absolute atomic E-state index is 12.2. The van der Waals surface area contributed by atoms with Crippen LogP contribution < -0.4 is 4.74 Å². The van der Waals surface area contributed by atoms with Crippen molar-refractivity contribution >= 4 is 17.5 Å². The van der Waals surface area contributed by atoms with Crippen LogP contribution in [0.2, 0.25) is 5.02 Å². The molecule has 2 fully saturated rings. The summed E-state index contributed by atoms with van der Waals surface area (Å²) in [7, 11) is 0. The molecule has 1 aromatic rings. The zero-order valence-corrected chi connectivity index (χ0v) is 13.1. The number of rotatable bonds is 4. The molecule has 120 valence electrons. The molecule has 0 spiro atoms. The largest absolute Gasteiger partial charge is 0.484 e. The van der Waals surface area contributed by atoms with E-state index in [4.69, 9.17) is 25.8 Å². The summed E-state index contributed by atoms with van der Waals surface area (Å²) in [6, 6.07) is 7.07. The Balaban J connectivity index is 1.43. The Kier molecular flexibility index (Phi) is 5.18. The Morgan fingerprint density at radius 3 is 2.68 bits per heavy atom. The number of nitrogens with zero attached hydrogens (tertiary/aromatic N) is 1. The van der Waals surface area contributed by atoms with Crippen LogP contribution in [-0.2, 0) is 14.3 Å². The van der Waals surface area contributed by atoms with Crippen LogP contribution in [-0.4, -0.2) is 50.0 Å². The van der Waals surface area contributed by atoms with E-state index in [1.807, 2.05) is 4.90 Å². The second kappa shape index (κ2) is 7.31. The highest BCUT2D eigenvalue weighted by atomic mass is 35.5. The van der Waals surface area contributed by atoms with Gasteiger partial charge in [0, 0.05) is 24.0 Å². The van der Waals surface area contributed by atoms with Gasteiger partial charge in [-0.25, -0.2) is 0 Å². The fraction of sp³-hybridized carbons (Fsp3) is 0.562. The molecule has 5 nitrogen and oxygen atoms in total. The van der Waals surface area contributed by atoms with Crippen molar-refractivity contribution in [3.05, 3.63) is 29.3 Å². The molecule has 1 amide bonds. The number of amides is 1. The van der Waals surface area contributed by atoms with Crippen LogP contribution in [0.3, 0.4) is 0 Å². The van der Waals surface area contributed by atoms with E-state index in [2.05, 4.69) is 0 Å². The number of carbonyl (C=O) groups is 1. The van der Waals surface area contributed by atoms with Gasteiger partial charge in [-0.1, -0.05) is 17.7 Å². The Morgan fingerprint density at radius 2 is 2.00 bits per heavy atom. The van der Waals surface area contributed by atoms with Gasteiger partial charge in [0.05, 0.1) is 13.2 Å². The first-order chi connectivity index (χ1) is 10.7. The van der Waals surface area contributed by atoms with Gasteiger partial charge in [0.2, 0.25) is 0 Å². The standard InChI is InChI=1S/C16H20ClNO4/c17-13-2-1-3-14(10-13)22-11-15(19)18-6-4-12(5-7-18)16-20-8-9-21-16/h1-3,10,12,16H,4-9,11H2. The molecule has 0 radical (unpaired) electrons. The monoisotopic (exact) mass is 325 g/mol. The maximum atomic E-state index is 12.2. The molecule has 0 saturated carbocycles. The van der Waals surface area contributed by atoms with Gasteiger partial charge in [-0.05, 0) is 31.0 Å². The van der Waals surface area contributed by atoms with Crippen molar-refractivity contribution in [2.24, 2.45) is 5.92 Å². The summed E-state index contributed by atoms with van der Waals surface area (Å²) in [6.45, 7) is 2.85. The molecule has 0 bridgehead atoms. The van der Waals surface area contributed by atoms with Crippen molar-refractivity contribution in [1.29, 1.82) is 0 Å². The van der Waals surface area contributed by atoms with E-state index < -0.39 is 0 Å². The van der Waals surface area contributed by atoms with Gasteiger partial charge < -0.3 is 19.1 Å². The molecule has 3 rings (SSSR count). The zero-order chi connectivity index (χ0) is 15.4. The number of piperidine rings is 1. The summed E-state index contributed by atoms with van der Waals surface area (Å²) in [5.74, 6) is 1.01. The molecule has 2 aliphatic heterocycles. The van der Waals surface area contributed by atoms with Crippen molar-refractivity contribution in [2.45, 2.75) is 19.1 Å². The third-order valence-corrected chi connectivity index (χ3v) is 4.32. The minimum Gasteiger partial charge on any atom is -0.484 e. The summed E-state index contributed by atoms with van der Waals surface area (Å²) in [6.07, 6.45) is 1.74. The molecule has 0 atom stereocenters. The van der Waals surface area contributed by atoms with Gasteiger partial charge in [0.15, 0.2) is 12.9 Å². The average Bonchev–Trinajstić information content (AvgIpc) is 3.07. The normalized spacial score (nSPS) is 20.3. The molecule has 1 aromatic carbocycles. The molecule has 2 aliphatic rings. The summed E-state index contributed by atoms with van der Waals surface area (Å²) < 4.78 is 16.6. The van der Waals surface area contributed by atoms with E-state index in [9.17, 15) is 4.79 Å². The van der Waals surface area contributed by atoms with Crippen molar-refractivity contribution < 1.29 is 19.0 Å². The molecule has 0 aromatic heterocycles. The first kappa shape index (κ1) is 15.6. The third kappa shape index (κ3) is 3.91. The Bertz CT molecular complexity index is 511. The number of carbonyl (C=O) groups excluding carboxylic acids is 1. The minimum absolute atomic E-state index is 0.00619. The third-order valence-electron chi connectivity index (χ3n) is 4.08. The number of likely N-dealkylation sites (tertiary alicyclic amines) is 1. The fourth-order valence-electron chi connectivity index (χ4n) is 2.86. The molecule has 6 heteroatoms. The Morgan fingerprint density at radius 1 is 1.27 bits per heavy atom. The van der Waals surface area contributed by atoms with E-state index in [0.29, 0.717) is 29.9 Å². The van der Waals surface area contributed by atoms with E-state index >= 15 is 0 Å². The van der Waals surface area contributed by atoms with Gasteiger partial charge in [-0.3, -0.25) is 4.79 Å². The number of halogens is 1. The van der Waals surface area contributed by atoms with Crippen LogP contribution in [0.15, 0.2) is 24.3 Å². The lowest BCUT2D eigenvalue weighted by atomic mass is 9.96. The molecule has 22 heavy (non-hydrogen) atoms. The Labute approximate surface area is 135 Å². The molecule has 0 N–H and O–H groups in total. The van der Waals surface area contributed by atoms with E-state index in [-0.39, 0.29) is 18.8 Å². The van der Waals surface area contributed by atoms with Crippen LogP contribution in [0.4, 0.5) is 0 Å². The zero-order valence-electron chi connectivity index (χ0n) is 12.4.